The minimum Gasteiger partial charge on any atom is -0.394 e. The molecule has 0 spiro atoms. The maximum atomic E-state index is 9.80. The Bertz CT molecular complexity index is 1030. The van der Waals surface area contributed by atoms with Gasteiger partial charge in [-0.2, -0.15) is 0 Å². The first kappa shape index (κ1) is 18.7. The molecule has 1 N–H and O–H groups in total. The normalized spacial score (nSPS) is 28.8. The van der Waals surface area contributed by atoms with Gasteiger partial charge in [0.25, 0.3) is 0 Å². The minimum absolute atomic E-state index is 0.185. The third-order valence-electron chi connectivity index (χ3n) is 5.30. The second-order valence-corrected chi connectivity index (χ2v) is 7.61. The lowest BCUT2D eigenvalue weighted by atomic mass is 10.1. The van der Waals surface area contributed by atoms with E-state index in [0.717, 1.165) is 11.3 Å². The summed E-state index contributed by atoms with van der Waals surface area (Å²) in [6.07, 6.45) is 0.490. The van der Waals surface area contributed by atoms with E-state index in [2.05, 4.69) is 15.0 Å². The second kappa shape index (κ2) is 7.19. The fourth-order valence-corrected chi connectivity index (χ4v) is 3.98. The highest BCUT2D eigenvalue weighted by molar-refractivity contribution is 6.33. The van der Waals surface area contributed by atoms with Crippen molar-refractivity contribution in [1.29, 1.82) is 0 Å². The number of benzene rings is 1. The number of hydrogen-bond donors (Lipinski definition) is 1. The highest BCUT2D eigenvalue weighted by Crippen LogP contribution is 2.44. The molecule has 2 aliphatic heterocycles. The standard InChI is InChI=1S/C19H20ClN5O4/c1-24(2)11-5-3-10(4-6-11)19-28-14-12(7-26)27-18(15(14)29-19)25-9-23-13-16(20)21-8-22-17(13)25/h3-6,8-9,12,14-15,18-19,26H,7H2,1-2H3. The molecular formula is C19H20ClN5O4. The first-order valence-electron chi connectivity index (χ1n) is 9.24. The molecule has 2 aromatic heterocycles. The van der Waals surface area contributed by atoms with Gasteiger partial charge >= 0.3 is 0 Å². The Balaban J connectivity index is 1.45. The summed E-state index contributed by atoms with van der Waals surface area (Å²) < 4.78 is 20.1. The quantitative estimate of drug-likeness (QED) is 0.643. The molecule has 5 atom stereocenters. The number of halogens is 1. The maximum absolute atomic E-state index is 9.80. The molecule has 152 valence electrons. The number of anilines is 1. The average molecular weight is 418 g/mol. The summed E-state index contributed by atoms with van der Waals surface area (Å²) in [6, 6.07) is 7.97. The summed E-state index contributed by atoms with van der Waals surface area (Å²) in [7, 11) is 3.97. The molecule has 5 rings (SSSR count). The zero-order valence-electron chi connectivity index (χ0n) is 15.8. The lowest BCUT2D eigenvalue weighted by molar-refractivity contribution is -0.153. The molecule has 0 amide bonds. The van der Waals surface area contributed by atoms with Crippen LogP contribution in [0.3, 0.4) is 0 Å². The molecule has 1 aromatic carbocycles. The van der Waals surface area contributed by atoms with Gasteiger partial charge in [-0.1, -0.05) is 23.7 Å². The van der Waals surface area contributed by atoms with Gasteiger partial charge in [0.2, 0.25) is 0 Å². The molecule has 4 heterocycles. The Morgan fingerprint density at radius 1 is 1.07 bits per heavy atom. The number of aliphatic hydroxyl groups is 1. The van der Waals surface area contributed by atoms with E-state index in [1.54, 1.807) is 10.9 Å². The van der Waals surface area contributed by atoms with Gasteiger partial charge in [0.1, 0.15) is 30.2 Å². The van der Waals surface area contributed by atoms with Crippen LogP contribution in [0, 0.1) is 0 Å². The van der Waals surface area contributed by atoms with Crippen molar-refractivity contribution in [2.75, 3.05) is 25.6 Å². The van der Waals surface area contributed by atoms with Gasteiger partial charge in [-0.15, -0.1) is 0 Å². The number of nitrogens with zero attached hydrogens (tertiary/aromatic N) is 5. The summed E-state index contributed by atoms with van der Waals surface area (Å²) in [5.41, 5.74) is 3.01. The van der Waals surface area contributed by atoms with Gasteiger partial charge in [0.15, 0.2) is 23.3 Å². The number of fused-ring (bicyclic) bond motifs is 2. The summed E-state index contributed by atoms with van der Waals surface area (Å²) in [5, 5.41) is 10.1. The molecule has 0 aliphatic carbocycles. The summed E-state index contributed by atoms with van der Waals surface area (Å²) in [6.45, 7) is -0.185. The number of imidazole rings is 1. The number of rotatable bonds is 4. The first-order valence-corrected chi connectivity index (χ1v) is 9.62. The van der Waals surface area contributed by atoms with Crippen LogP contribution < -0.4 is 4.90 Å². The molecule has 2 fully saturated rings. The molecule has 3 aromatic rings. The molecule has 5 unspecified atom stereocenters. The van der Waals surface area contributed by atoms with Gasteiger partial charge in [0.05, 0.1) is 12.9 Å². The van der Waals surface area contributed by atoms with E-state index >= 15 is 0 Å². The van der Waals surface area contributed by atoms with E-state index in [-0.39, 0.29) is 11.8 Å². The lowest BCUT2D eigenvalue weighted by Gasteiger charge is -2.21. The van der Waals surface area contributed by atoms with Crippen molar-refractivity contribution < 1.29 is 19.3 Å². The van der Waals surface area contributed by atoms with Crippen molar-refractivity contribution in [3.8, 4) is 0 Å². The Morgan fingerprint density at radius 3 is 2.55 bits per heavy atom. The molecule has 2 aliphatic rings. The first-order chi connectivity index (χ1) is 14.1. The second-order valence-electron chi connectivity index (χ2n) is 7.26. The van der Waals surface area contributed by atoms with E-state index in [1.807, 2.05) is 43.3 Å². The molecular weight excluding hydrogens is 398 g/mol. The van der Waals surface area contributed by atoms with Gasteiger partial charge in [-0.05, 0) is 12.1 Å². The third-order valence-corrected chi connectivity index (χ3v) is 5.57. The van der Waals surface area contributed by atoms with Crippen LogP contribution in [-0.2, 0) is 14.2 Å². The Hall–Kier alpha value is -2.30. The van der Waals surface area contributed by atoms with Crippen molar-refractivity contribution >= 4 is 28.5 Å². The Labute approximate surface area is 171 Å². The highest BCUT2D eigenvalue weighted by Gasteiger charge is 2.53. The molecule has 0 saturated carbocycles. The van der Waals surface area contributed by atoms with Crippen LogP contribution in [0.15, 0.2) is 36.9 Å². The number of aliphatic hydroxyl groups excluding tert-OH is 1. The van der Waals surface area contributed by atoms with Gasteiger partial charge in [-0.3, -0.25) is 4.57 Å². The van der Waals surface area contributed by atoms with Crippen LogP contribution in [0.1, 0.15) is 18.1 Å². The fraction of sp³-hybridized carbons (Fsp3) is 0.421. The maximum Gasteiger partial charge on any atom is 0.185 e. The average Bonchev–Trinajstić information content (AvgIpc) is 3.41. The lowest BCUT2D eigenvalue weighted by Crippen LogP contribution is -2.30. The van der Waals surface area contributed by atoms with Gasteiger partial charge < -0.3 is 24.2 Å². The Kier molecular flexibility index (Phi) is 4.64. The molecule has 0 radical (unpaired) electrons. The minimum atomic E-state index is -0.556. The molecule has 9 nitrogen and oxygen atoms in total. The van der Waals surface area contributed by atoms with Crippen molar-refractivity contribution in [3.05, 3.63) is 47.6 Å². The fourth-order valence-electron chi connectivity index (χ4n) is 3.80. The van der Waals surface area contributed by atoms with Gasteiger partial charge in [0, 0.05) is 25.3 Å². The van der Waals surface area contributed by atoms with Crippen LogP contribution >= 0.6 is 11.6 Å². The smallest absolute Gasteiger partial charge is 0.185 e. The SMILES string of the molecule is CN(C)c1ccc(C2OC3C(CO)OC(n4cnc5c(Cl)ncnc54)C3O2)cc1. The largest absolute Gasteiger partial charge is 0.394 e. The van der Waals surface area contributed by atoms with Crippen molar-refractivity contribution in [2.45, 2.75) is 30.8 Å². The van der Waals surface area contributed by atoms with E-state index in [4.69, 9.17) is 25.8 Å². The summed E-state index contributed by atoms with van der Waals surface area (Å²) >= 11 is 6.12. The predicted octanol–water partition coefficient (Wildman–Crippen LogP) is 1.92. The van der Waals surface area contributed by atoms with Crippen LogP contribution in [-0.4, -0.2) is 63.6 Å². The molecule has 29 heavy (non-hydrogen) atoms. The third kappa shape index (κ3) is 3.06. The number of ether oxygens (including phenoxy) is 3. The monoisotopic (exact) mass is 417 g/mol. The number of hydrogen-bond acceptors (Lipinski definition) is 8. The van der Waals surface area contributed by atoms with Crippen molar-refractivity contribution in [2.24, 2.45) is 0 Å². The van der Waals surface area contributed by atoms with Crippen LogP contribution in [0.25, 0.3) is 11.2 Å². The molecule has 10 heteroatoms. The summed E-state index contributed by atoms with van der Waals surface area (Å²) in [5.74, 6) is 0. The zero-order chi connectivity index (χ0) is 20.1. The van der Waals surface area contributed by atoms with Crippen molar-refractivity contribution in [3.63, 3.8) is 0 Å². The van der Waals surface area contributed by atoms with Crippen LogP contribution in [0.2, 0.25) is 5.15 Å². The summed E-state index contributed by atoms with van der Waals surface area (Å²) in [4.78, 5) is 14.5. The van der Waals surface area contributed by atoms with E-state index in [9.17, 15) is 5.11 Å². The van der Waals surface area contributed by atoms with E-state index in [0.29, 0.717) is 11.2 Å². The van der Waals surface area contributed by atoms with Crippen LogP contribution in [0.5, 0.6) is 0 Å². The van der Waals surface area contributed by atoms with Crippen molar-refractivity contribution in [1.82, 2.24) is 19.5 Å². The van der Waals surface area contributed by atoms with E-state index < -0.39 is 30.8 Å². The Morgan fingerprint density at radius 2 is 1.83 bits per heavy atom. The number of aromatic nitrogens is 4. The highest BCUT2D eigenvalue weighted by atomic mass is 35.5. The predicted molar refractivity (Wildman–Crippen MR) is 105 cm³/mol. The van der Waals surface area contributed by atoms with E-state index in [1.165, 1.54) is 6.33 Å². The molecule has 2 saturated heterocycles. The topological polar surface area (TPSA) is 94.8 Å². The van der Waals surface area contributed by atoms with Gasteiger partial charge in [-0.25, -0.2) is 15.0 Å². The molecule has 0 bridgehead atoms. The van der Waals surface area contributed by atoms with Crippen LogP contribution in [0.4, 0.5) is 5.69 Å². The zero-order valence-corrected chi connectivity index (χ0v) is 16.6.